The van der Waals surface area contributed by atoms with E-state index >= 15 is 0 Å². The number of aryl methyl sites for hydroxylation is 2. The third-order valence-electron chi connectivity index (χ3n) is 3.78. The van der Waals surface area contributed by atoms with Gasteiger partial charge in [-0.15, -0.1) is 0 Å². The molecule has 2 heteroatoms. The van der Waals surface area contributed by atoms with Crippen LogP contribution in [-0.4, -0.2) is 5.78 Å². The molecule has 0 aliphatic heterocycles. The van der Waals surface area contributed by atoms with Crippen molar-refractivity contribution in [2.24, 2.45) is 5.92 Å². The molecule has 0 radical (unpaired) electrons. The van der Waals surface area contributed by atoms with E-state index in [0.717, 1.165) is 29.9 Å². The molecule has 17 heavy (non-hydrogen) atoms. The highest BCUT2D eigenvalue weighted by Crippen LogP contribution is 2.27. The monoisotopic (exact) mass is 234 g/mol. The molecule has 0 spiro atoms. The zero-order valence-electron chi connectivity index (χ0n) is 10.9. The fourth-order valence-electron chi connectivity index (χ4n) is 2.81. The number of carbonyl (C=O) groups excluding carboxylic acids is 1. The van der Waals surface area contributed by atoms with E-state index in [2.05, 4.69) is 0 Å². The van der Waals surface area contributed by atoms with Crippen LogP contribution in [0.4, 0.5) is 0 Å². The molecule has 1 aliphatic carbocycles. The summed E-state index contributed by atoms with van der Waals surface area (Å²) in [6.45, 7) is 3.80. The Labute approximate surface area is 103 Å². The molecule has 0 N–H and O–H groups in total. The van der Waals surface area contributed by atoms with Gasteiger partial charge in [0.2, 0.25) is 0 Å². The lowest BCUT2D eigenvalue weighted by Gasteiger charge is -2.18. The molecule has 1 aromatic rings. The number of furan rings is 1. The second-order valence-corrected chi connectivity index (χ2v) is 5.23. The quantitative estimate of drug-likeness (QED) is 0.708. The van der Waals surface area contributed by atoms with E-state index in [1.165, 1.54) is 32.1 Å². The van der Waals surface area contributed by atoms with Crippen molar-refractivity contribution in [1.82, 2.24) is 0 Å². The Hall–Kier alpha value is -1.05. The van der Waals surface area contributed by atoms with Gasteiger partial charge >= 0.3 is 0 Å². The summed E-state index contributed by atoms with van der Waals surface area (Å²) < 4.78 is 5.46. The van der Waals surface area contributed by atoms with Crippen LogP contribution in [-0.2, 0) is 0 Å². The molecule has 0 bridgehead atoms. The molecule has 1 aromatic heterocycles. The first-order valence-electron chi connectivity index (χ1n) is 6.79. The lowest BCUT2D eigenvalue weighted by Crippen LogP contribution is -2.16. The van der Waals surface area contributed by atoms with Gasteiger partial charge in [0.1, 0.15) is 11.5 Å². The first kappa shape index (κ1) is 12.4. The summed E-state index contributed by atoms with van der Waals surface area (Å²) in [6.07, 6.45) is 8.43. The average molecular weight is 234 g/mol. The molecule has 2 nitrogen and oxygen atoms in total. The zero-order chi connectivity index (χ0) is 12.3. The molecule has 0 saturated heterocycles. The van der Waals surface area contributed by atoms with Gasteiger partial charge in [-0.1, -0.05) is 32.1 Å². The van der Waals surface area contributed by atoms with Crippen LogP contribution in [0.1, 0.15) is 66.8 Å². The standard InChI is InChI=1S/C15H22O2/c1-11-10-14(12(2)17-11)15(16)13-8-6-4-3-5-7-9-13/h10,13H,3-9H2,1-2H3. The number of hydrogen-bond donors (Lipinski definition) is 0. The molecular formula is C15H22O2. The van der Waals surface area contributed by atoms with E-state index in [9.17, 15) is 4.79 Å². The average Bonchev–Trinajstić information content (AvgIpc) is 2.56. The van der Waals surface area contributed by atoms with Gasteiger partial charge in [-0.2, -0.15) is 0 Å². The lowest BCUT2D eigenvalue weighted by molar-refractivity contribution is 0.0897. The van der Waals surface area contributed by atoms with Crippen molar-refractivity contribution in [1.29, 1.82) is 0 Å². The lowest BCUT2D eigenvalue weighted by atomic mass is 9.86. The Balaban J connectivity index is 2.09. The molecule has 1 heterocycles. The molecule has 0 atom stereocenters. The summed E-state index contributed by atoms with van der Waals surface area (Å²) in [7, 11) is 0. The summed E-state index contributed by atoms with van der Waals surface area (Å²) in [5, 5.41) is 0. The van der Waals surface area contributed by atoms with Gasteiger partial charge in [-0.3, -0.25) is 4.79 Å². The van der Waals surface area contributed by atoms with Gasteiger partial charge in [-0.25, -0.2) is 0 Å². The van der Waals surface area contributed by atoms with Crippen molar-refractivity contribution < 1.29 is 9.21 Å². The summed E-state index contributed by atoms with van der Waals surface area (Å²) >= 11 is 0. The fourth-order valence-corrected chi connectivity index (χ4v) is 2.81. The predicted molar refractivity (Wildman–Crippen MR) is 68.3 cm³/mol. The Kier molecular flexibility index (Phi) is 4.03. The molecule has 0 unspecified atom stereocenters. The molecule has 1 fully saturated rings. The molecule has 0 aromatic carbocycles. The topological polar surface area (TPSA) is 30.2 Å². The highest BCUT2D eigenvalue weighted by molar-refractivity contribution is 5.98. The van der Waals surface area contributed by atoms with E-state index < -0.39 is 0 Å². The van der Waals surface area contributed by atoms with Crippen molar-refractivity contribution in [2.45, 2.75) is 58.8 Å². The minimum atomic E-state index is 0.228. The zero-order valence-corrected chi connectivity index (χ0v) is 10.9. The van der Waals surface area contributed by atoms with E-state index in [-0.39, 0.29) is 5.92 Å². The molecule has 1 saturated carbocycles. The van der Waals surface area contributed by atoms with Crippen molar-refractivity contribution in [3.05, 3.63) is 23.2 Å². The van der Waals surface area contributed by atoms with Crippen LogP contribution in [0.25, 0.3) is 0 Å². The summed E-state index contributed by atoms with van der Waals surface area (Å²) in [5.74, 6) is 2.17. The Bertz CT molecular complexity index is 382. The fraction of sp³-hybridized carbons (Fsp3) is 0.667. The van der Waals surface area contributed by atoms with Crippen LogP contribution < -0.4 is 0 Å². The van der Waals surface area contributed by atoms with Crippen LogP contribution >= 0.6 is 0 Å². The number of rotatable bonds is 2. The maximum atomic E-state index is 12.4. The molecule has 0 amide bonds. The highest BCUT2D eigenvalue weighted by Gasteiger charge is 2.23. The number of hydrogen-bond acceptors (Lipinski definition) is 2. The second kappa shape index (κ2) is 5.52. The Morgan fingerprint density at radius 2 is 1.71 bits per heavy atom. The van der Waals surface area contributed by atoms with Crippen LogP contribution in [0, 0.1) is 19.8 Å². The first-order chi connectivity index (χ1) is 8.18. The maximum Gasteiger partial charge on any atom is 0.169 e. The third kappa shape index (κ3) is 2.99. The number of ketones is 1. The van der Waals surface area contributed by atoms with Crippen LogP contribution in [0.5, 0.6) is 0 Å². The minimum Gasteiger partial charge on any atom is -0.466 e. The number of carbonyl (C=O) groups is 1. The van der Waals surface area contributed by atoms with Gasteiger partial charge in [-0.05, 0) is 32.8 Å². The van der Waals surface area contributed by atoms with Gasteiger partial charge in [0.15, 0.2) is 5.78 Å². The van der Waals surface area contributed by atoms with E-state index in [1.807, 2.05) is 19.9 Å². The van der Waals surface area contributed by atoms with Gasteiger partial charge in [0, 0.05) is 5.92 Å². The van der Waals surface area contributed by atoms with Gasteiger partial charge in [0.05, 0.1) is 5.56 Å². The first-order valence-corrected chi connectivity index (χ1v) is 6.79. The van der Waals surface area contributed by atoms with E-state index in [1.54, 1.807) is 0 Å². The smallest absolute Gasteiger partial charge is 0.169 e. The molecule has 1 aliphatic rings. The number of Topliss-reactive ketones (excluding diaryl/α,β-unsaturated/α-hetero) is 1. The summed E-state index contributed by atoms with van der Waals surface area (Å²) in [4.78, 5) is 12.4. The second-order valence-electron chi connectivity index (χ2n) is 5.23. The van der Waals surface area contributed by atoms with Crippen LogP contribution in [0.3, 0.4) is 0 Å². The van der Waals surface area contributed by atoms with Crippen molar-refractivity contribution >= 4 is 5.78 Å². The SMILES string of the molecule is Cc1cc(C(=O)C2CCCCCCC2)c(C)o1. The third-order valence-corrected chi connectivity index (χ3v) is 3.78. The predicted octanol–water partition coefficient (Wildman–Crippen LogP) is 4.44. The molecular weight excluding hydrogens is 212 g/mol. The van der Waals surface area contributed by atoms with Gasteiger partial charge in [0.25, 0.3) is 0 Å². The van der Waals surface area contributed by atoms with Crippen molar-refractivity contribution in [3.8, 4) is 0 Å². The van der Waals surface area contributed by atoms with Crippen molar-refractivity contribution in [3.63, 3.8) is 0 Å². The van der Waals surface area contributed by atoms with Crippen LogP contribution in [0.15, 0.2) is 10.5 Å². The molecule has 94 valence electrons. The summed E-state index contributed by atoms with van der Waals surface area (Å²) in [6, 6.07) is 1.90. The maximum absolute atomic E-state index is 12.4. The van der Waals surface area contributed by atoms with E-state index in [4.69, 9.17) is 4.42 Å². The van der Waals surface area contributed by atoms with Gasteiger partial charge < -0.3 is 4.42 Å². The highest BCUT2D eigenvalue weighted by atomic mass is 16.3. The Morgan fingerprint density at radius 1 is 1.12 bits per heavy atom. The Morgan fingerprint density at radius 3 is 2.24 bits per heavy atom. The summed E-state index contributed by atoms with van der Waals surface area (Å²) in [5.41, 5.74) is 0.813. The van der Waals surface area contributed by atoms with Crippen LogP contribution in [0.2, 0.25) is 0 Å². The normalized spacial score (nSPS) is 18.7. The van der Waals surface area contributed by atoms with Crippen molar-refractivity contribution in [2.75, 3.05) is 0 Å². The largest absolute Gasteiger partial charge is 0.466 e. The van der Waals surface area contributed by atoms with E-state index in [0.29, 0.717) is 5.78 Å². The minimum absolute atomic E-state index is 0.228. The molecule has 2 rings (SSSR count).